The van der Waals surface area contributed by atoms with Crippen LogP contribution in [0.5, 0.6) is 0 Å². The van der Waals surface area contributed by atoms with Gasteiger partial charge in [0.1, 0.15) is 0 Å². The third kappa shape index (κ3) is 11.9. The molecule has 0 aromatic carbocycles. The molecule has 0 unspecified atom stereocenters. The van der Waals surface area contributed by atoms with Crippen molar-refractivity contribution in [3.63, 3.8) is 0 Å². The molecule has 0 radical (unpaired) electrons. The summed E-state index contributed by atoms with van der Waals surface area (Å²) in [6.07, 6.45) is 0.715. The fourth-order valence-electron chi connectivity index (χ4n) is 0.156. The van der Waals surface area contributed by atoms with Crippen LogP contribution in [0.4, 0.5) is 0 Å². The Morgan fingerprint density at radius 2 is 1.89 bits per heavy atom. The van der Waals surface area contributed by atoms with Crippen molar-refractivity contribution in [1.82, 2.24) is 0 Å². The molecule has 2 N–H and O–H groups in total. The molecular formula is CH6BLiO5S. The van der Waals surface area contributed by atoms with Crippen molar-refractivity contribution in [1.29, 1.82) is 0 Å². The molecule has 0 aromatic heterocycles. The number of hydrogen-bond acceptors (Lipinski definition) is 5. The zero-order valence-corrected chi connectivity index (χ0v) is 5.92. The van der Waals surface area contributed by atoms with Crippen LogP contribution >= 0.6 is 0 Å². The van der Waals surface area contributed by atoms with Crippen molar-refractivity contribution in [2.75, 3.05) is 6.26 Å². The minimum absolute atomic E-state index is 0. The summed E-state index contributed by atoms with van der Waals surface area (Å²) < 4.78 is 23.3. The van der Waals surface area contributed by atoms with Gasteiger partial charge in [-0.2, -0.15) is 0 Å². The summed E-state index contributed by atoms with van der Waals surface area (Å²) in [6, 6.07) is 0. The molecule has 8 heteroatoms. The van der Waals surface area contributed by atoms with E-state index in [1.54, 1.807) is 0 Å². The zero-order valence-electron chi connectivity index (χ0n) is 6.10. The Kier molecular flexibility index (Phi) is 5.87. The molecular weight excluding hydrogens is 142 g/mol. The fourth-order valence-corrected chi connectivity index (χ4v) is 0.469. The van der Waals surface area contributed by atoms with E-state index < -0.39 is 17.4 Å². The second-order valence-electron chi connectivity index (χ2n) is 1.13. The van der Waals surface area contributed by atoms with Gasteiger partial charge in [0.2, 0.25) is 0 Å². The average Bonchev–Trinajstić information content (AvgIpc) is 1.21. The molecule has 9 heavy (non-hydrogen) atoms. The quantitative estimate of drug-likeness (QED) is 0.383. The zero-order chi connectivity index (χ0) is 6.78. The summed E-state index contributed by atoms with van der Waals surface area (Å²) in [4.78, 5) is 0. The van der Waals surface area contributed by atoms with Gasteiger partial charge in [0.25, 0.3) is 10.1 Å². The van der Waals surface area contributed by atoms with E-state index >= 15 is 0 Å². The summed E-state index contributed by atoms with van der Waals surface area (Å²) in [5.41, 5.74) is 0. The molecule has 50 valence electrons. The fraction of sp³-hybridized carbons (Fsp3) is 1.00. The van der Waals surface area contributed by atoms with E-state index in [1.165, 1.54) is 0 Å². The molecule has 0 heterocycles. The largest absolute Gasteiger partial charge is 1.00 e. The van der Waals surface area contributed by atoms with Crippen molar-refractivity contribution >= 4 is 17.4 Å². The monoisotopic (exact) mass is 148 g/mol. The standard InChI is InChI=1S/CH5BO5S.Li.H/c1-8(5,6)7-2(3)4;;/h3-4H,1H3;;/q;+1;-1. The summed E-state index contributed by atoms with van der Waals surface area (Å²) >= 11 is 0. The third-order valence-corrected chi connectivity index (χ3v) is 0.783. The van der Waals surface area contributed by atoms with Crippen LogP contribution in [0.25, 0.3) is 0 Å². The number of rotatable bonds is 2. The second kappa shape index (κ2) is 4.33. The predicted octanol–water partition coefficient (Wildman–Crippen LogP) is -4.95. The first-order valence-electron chi connectivity index (χ1n) is 1.66. The van der Waals surface area contributed by atoms with E-state index in [2.05, 4.69) is 4.10 Å². The second-order valence-corrected chi connectivity index (χ2v) is 2.73. The topological polar surface area (TPSA) is 83.8 Å². The van der Waals surface area contributed by atoms with Crippen LogP contribution in [0.2, 0.25) is 0 Å². The molecule has 0 amide bonds. The summed E-state index contributed by atoms with van der Waals surface area (Å²) in [5, 5.41) is 15.7. The molecule has 0 aliphatic heterocycles. The molecule has 0 aliphatic carbocycles. The van der Waals surface area contributed by atoms with Crippen LogP contribution in [-0.4, -0.2) is 32.0 Å². The van der Waals surface area contributed by atoms with Crippen LogP contribution in [0, 0.1) is 0 Å². The van der Waals surface area contributed by atoms with Gasteiger partial charge >= 0.3 is 26.2 Å². The van der Waals surface area contributed by atoms with E-state index in [-0.39, 0.29) is 20.3 Å². The Bertz CT molecular complexity index is 155. The van der Waals surface area contributed by atoms with Gasteiger partial charge in [-0.05, 0) is 0 Å². The Morgan fingerprint density at radius 3 is 1.89 bits per heavy atom. The summed E-state index contributed by atoms with van der Waals surface area (Å²) in [7, 11) is -5.97. The van der Waals surface area contributed by atoms with Crippen LogP contribution < -0.4 is 18.9 Å². The predicted molar refractivity (Wildman–Crippen MR) is 27.2 cm³/mol. The SMILES string of the molecule is CS(=O)(=O)OB(O)O.[H-].[Li+]. The van der Waals surface area contributed by atoms with Crippen molar-refractivity contribution in [3.8, 4) is 0 Å². The van der Waals surface area contributed by atoms with Gasteiger partial charge in [0.05, 0.1) is 6.26 Å². The van der Waals surface area contributed by atoms with Crippen LogP contribution in [-0.2, 0) is 14.2 Å². The smallest absolute Gasteiger partial charge is 1.00 e. The first kappa shape index (κ1) is 12.2. The molecule has 0 fully saturated rings. The van der Waals surface area contributed by atoms with Crippen molar-refractivity contribution in [2.24, 2.45) is 0 Å². The Labute approximate surface area is 67.0 Å². The molecule has 5 nitrogen and oxygen atoms in total. The van der Waals surface area contributed by atoms with E-state index in [0.29, 0.717) is 6.26 Å². The van der Waals surface area contributed by atoms with Gasteiger partial charge in [0, 0.05) is 0 Å². The molecule has 0 bridgehead atoms. The molecule has 0 rings (SSSR count). The normalized spacial score (nSPS) is 10.1. The van der Waals surface area contributed by atoms with Gasteiger partial charge in [-0.25, -0.2) is 8.42 Å². The molecule has 0 aliphatic rings. The van der Waals surface area contributed by atoms with Crippen LogP contribution in [0.1, 0.15) is 1.43 Å². The molecule has 0 atom stereocenters. The van der Waals surface area contributed by atoms with Crippen LogP contribution in [0.15, 0.2) is 0 Å². The van der Waals surface area contributed by atoms with E-state index in [9.17, 15) is 8.42 Å². The van der Waals surface area contributed by atoms with Crippen molar-refractivity contribution in [3.05, 3.63) is 0 Å². The van der Waals surface area contributed by atoms with Crippen molar-refractivity contribution < 1.29 is 42.9 Å². The van der Waals surface area contributed by atoms with Gasteiger partial charge < -0.3 is 11.5 Å². The maximum absolute atomic E-state index is 9.90. The first-order valence-corrected chi connectivity index (χ1v) is 3.48. The van der Waals surface area contributed by atoms with E-state index in [4.69, 9.17) is 10.0 Å². The molecule has 0 aromatic rings. The van der Waals surface area contributed by atoms with E-state index in [0.717, 1.165) is 0 Å². The van der Waals surface area contributed by atoms with E-state index in [1.807, 2.05) is 0 Å². The molecule has 0 spiro atoms. The first-order chi connectivity index (χ1) is 3.42. The summed E-state index contributed by atoms with van der Waals surface area (Å²) in [6.45, 7) is 0. The Morgan fingerprint density at radius 1 is 1.56 bits per heavy atom. The van der Waals surface area contributed by atoms with Gasteiger partial charge in [-0.1, -0.05) is 0 Å². The minimum Gasteiger partial charge on any atom is -1.00 e. The van der Waals surface area contributed by atoms with Gasteiger partial charge in [-0.3, -0.25) is 4.10 Å². The molecule has 0 saturated heterocycles. The maximum Gasteiger partial charge on any atom is 1.00 e. The Balaban J connectivity index is -0.000000245. The van der Waals surface area contributed by atoms with Gasteiger partial charge in [0.15, 0.2) is 0 Å². The van der Waals surface area contributed by atoms with Crippen LogP contribution in [0.3, 0.4) is 0 Å². The maximum atomic E-state index is 9.90. The average molecular weight is 148 g/mol. The summed E-state index contributed by atoms with van der Waals surface area (Å²) in [5.74, 6) is 0. The Hall–Kier alpha value is 0.492. The van der Waals surface area contributed by atoms with Crippen molar-refractivity contribution in [2.45, 2.75) is 0 Å². The third-order valence-electron chi connectivity index (χ3n) is 0.261. The minimum atomic E-state index is -3.72. The number of hydrogen-bond donors (Lipinski definition) is 2. The molecule has 0 saturated carbocycles. The van der Waals surface area contributed by atoms with Gasteiger partial charge in [-0.15, -0.1) is 0 Å².